The number of nitrogens with zero attached hydrogens (tertiary/aromatic N) is 2. The average molecular weight is 384 g/mol. The Labute approximate surface area is 164 Å². The largest absolute Gasteiger partial charge is 0.369 e. The highest BCUT2D eigenvalue weighted by Crippen LogP contribution is 2.15. The molecule has 0 aliphatic carbocycles. The van der Waals surface area contributed by atoms with E-state index in [1.807, 2.05) is 18.2 Å². The lowest BCUT2D eigenvalue weighted by Crippen LogP contribution is -2.48. The van der Waals surface area contributed by atoms with E-state index < -0.39 is 0 Å². The SMILES string of the molecule is O=C(CCN1CCN(c2ccccc2)CC1)NNC(=O)Cc1cccc(F)c1. The van der Waals surface area contributed by atoms with Gasteiger partial charge in [-0.3, -0.25) is 25.3 Å². The van der Waals surface area contributed by atoms with Gasteiger partial charge in [-0.25, -0.2) is 4.39 Å². The first kappa shape index (κ1) is 19.8. The maximum Gasteiger partial charge on any atom is 0.242 e. The van der Waals surface area contributed by atoms with Crippen LogP contribution < -0.4 is 15.8 Å². The van der Waals surface area contributed by atoms with Crippen molar-refractivity contribution in [3.63, 3.8) is 0 Å². The number of anilines is 1. The van der Waals surface area contributed by atoms with Crippen molar-refractivity contribution >= 4 is 17.5 Å². The quantitative estimate of drug-likeness (QED) is 0.745. The molecule has 2 aromatic carbocycles. The van der Waals surface area contributed by atoms with Crippen LogP contribution in [0.15, 0.2) is 54.6 Å². The van der Waals surface area contributed by atoms with Gasteiger partial charge in [-0.1, -0.05) is 30.3 Å². The summed E-state index contributed by atoms with van der Waals surface area (Å²) < 4.78 is 13.1. The summed E-state index contributed by atoms with van der Waals surface area (Å²) in [6.45, 7) is 4.29. The number of para-hydroxylation sites is 1. The van der Waals surface area contributed by atoms with Gasteiger partial charge in [-0.2, -0.15) is 0 Å². The zero-order valence-corrected chi connectivity index (χ0v) is 15.7. The molecule has 0 saturated carbocycles. The summed E-state index contributed by atoms with van der Waals surface area (Å²) in [5.41, 5.74) is 6.58. The third kappa shape index (κ3) is 6.06. The van der Waals surface area contributed by atoms with E-state index in [0.29, 0.717) is 18.5 Å². The lowest BCUT2D eigenvalue weighted by molar-refractivity contribution is -0.128. The first-order valence-corrected chi connectivity index (χ1v) is 9.44. The molecule has 1 saturated heterocycles. The molecule has 0 atom stereocenters. The number of hydrogen-bond donors (Lipinski definition) is 2. The molecule has 1 aliphatic heterocycles. The first-order valence-electron chi connectivity index (χ1n) is 9.44. The fraction of sp³-hybridized carbons (Fsp3) is 0.333. The molecule has 2 N–H and O–H groups in total. The minimum absolute atomic E-state index is 0.0134. The van der Waals surface area contributed by atoms with E-state index in [1.54, 1.807) is 12.1 Å². The van der Waals surface area contributed by atoms with Crippen LogP contribution in [0.4, 0.5) is 10.1 Å². The molecule has 148 valence electrons. The van der Waals surface area contributed by atoms with Crippen LogP contribution in [0.3, 0.4) is 0 Å². The van der Waals surface area contributed by atoms with E-state index >= 15 is 0 Å². The van der Waals surface area contributed by atoms with E-state index in [9.17, 15) is 14.0 Å². The van der Waals surface area contributed by atoms with Crippen LogP contribution in [0.2, 0.25) is 0 Å². The van der Waals surface area contributed by atoms with Crippen LogP contribution in [0.25, 0.3) is 0 Å². The lowest BCUT2D eigenvalue weighted by Gasteiger charge is -2.36. The number of benzene rings is 2. The minimum Gasteiger partial charge on any atom is -0.369 e. The van der Waals surface area contributed by atoms with Crippen molar-refractivity contribution in [1.82, 2.24) is 15.8 Å². The molecule has 0 aromatic heterocycles. The van der Waals surface area contributed by atoms with E-state index in [-0.39, 0.29) is 24.1 Å². The third-order valence-corrected chi connectivity index (χ3v) is 4.74. The average Bonchev–Trinajstić information content (AvgIpc) is 2.72. The highest BCUT2D eigenvalue weighted by molar-refractivity contribution is 5.83. The van der Waals surface area contributed by atoms with Crippen LogP contribution >= 0.6 is 0 Å². The van der Waals surface area contributed by atoms with Crippen molar-refractivity contribution in [1.29, 1.82) is 0 Å². The first-order chi connectivity index (χ1) is 13.6. The van der Waals surface area contributed by atoms with Gasteiger partial charge in [0.1, 0.15) is 5.82 Å². The molecule has 0 bridgehead atoms. The summed E-state index contributed by atoms with van der Waals surface area (Å²) >= 11 is 0. The van der Waals surface area contributed by atoms with Crippen molar-refractivity contribution in [2.24, 2.45) is 0 Å². The highest BCUT2D eigenvalue weighted by atomic mass is 19.1. The molecule has 0 spiro atoms. The van der Waals surface area contributed by atoms with Gasteiger partial charge in [0.25, 0.3) is 0 Å². The Morgan fingerprint density at radius 2 is 1.61 bits per heavy atom. The van der Waals surface area contributed by atoms with Gasteiger partial charge in [0.05, 0.1) is 6.42 Å². The highest BCUT2D eigenvalue weighted by Gasteiger charge is 2.17. The van der Waals surface area contributed by atoms with E-state index in [0.717, 1.165) is 26.2 Å². The molecule has 28 heavy (non-hydrogen) atoms. The van der Waals surface area contributed by atoms with Gasteiger partial charge in [0, 0.05) is 44.8 Å². The van der Waals surface area contributed by atoms with Crippen molar-refractivity contribution in [2.75, 3.05) is 37.6 Å². The summed E-state index contributed by atoms with van der Waals surface area (Å²) in [6, 6.07) is 16.1. The fourth-order valence-corrected chi connectivity index (χ4v) is 3.21. The second-order valence-corrected chi connectivity index (χ2v) is 6.82. The summed E-state index contributed by atoms with van der Waals surface area (Å²) in [6.07, 6.45) is 0.324. The third-order valence-electron chi connectivity index (χ3n) is 4.74. The van der Waals surface area contributed by atoms with Gasteiger partial charge in [0.2, 0.25) is 11.8 Å². The zero-order chi connectivity index (χ0) is 19.8. The standard InChI is InChI=1S/C21H25FN4O2/c22-18-6-4-5-17(15-18)16-21(28)24-23-20(27)9-10-25-11-13-26(14-12-25)19-7-2-1-3-8-19/h1-8,15H,9-14,16H2,(H,23,27)(H,24,28). The van der Waals surface area contributed by atoms with Gasteiger partial charge in [-0.15, -0.1) is 0 Å². The maximum absolute atomic E-state index is 13.1. The topological polar surface area (TPSA) is 64.7 Å². The van der Waals surface area contributed by atoms with Crippen LogP contribution in [0.1, 0.15) is 12.0 Å². The number of amides is 2. The number of halogens is 1. The Kier molecular flexibility index (Phi) is 6.97. The molecule has 0 radical (unpaired) electrons. The zero-order valence-electron chi connectivity index (χ0n) is 15.7. The van der Waals surface area contributed by atoms with Gasteiger partial charge >= 0.3 is 0 Å². The summed E-state index contributed by atoms with van der Waals surface area (Å²) in [7, 11) is 0. The number of hydrazine groups is 1. The van der Waals surface area contributed by atoms with Crippen LogP contribution in [0.5, 0.6) is 0 Å². The minimum atomic E-state index is -0.387. The molecule has 0 unspecified atom stereocenters. The second kappa shape index (κ2) is 9.85. The number of piperazine rings is 1. The summed E-state index contributed by atoms with van der Waals surface area (Å²) in [5, 5.41) is 0. The van der Waals surface area contributed by atoms with E-state index in [2.05, 4.69) is 32.8 Å². The van der Waals surface area contributed by atoms with Crippen LogP contribution in [-0.2, 0) is 16.0 Å². The Balaban J connectivity index is 1.32. The molecule has 7 heteroatoms. The van der Waals surface area contributed by atoms with Crippen LogP contribution in [0, 0.1) is 5.82 Å². The molecule has 2 aromatic rings. The van der Waals surface area contributed by atoms with E-state index in [1.165, 1.54) is 17.8 Å². The van der Waals surface area contributed by atoms with Gasteiger partial charge < -0.3 is 4.90 Å². The molecule has 1 aliphatic rings. The number of nitrogens with one attached hydrogen (secondary N) is 2. The molecule has 3 rings (SSSR count). The summed E-state index contributed by atoms with van der Waals surface area (Å²) in [5.74, 6) is -1.00. The van der Waals surface area contributed by atoms with Crippen LogP contribution in [-0.4, -0.2) is 49.4 Å². The smallest absolute Gasteiger partial charge is 0.242 e. The molecule has 2 amide bonds. The van der Waals surface area contributed by atoms with Crippen molar-refractivity contribution in [2.45, 2.75) is 12.8 Å². The van der Waals surface area contributed by atoms with E-state index in [4.69, 9.17) is 0 Å². The Hall–Kier alpha value is -2.93. The van der Waals surface area contributed by atoms with Crippen molar-refractivity contribution in [3.8, 4) is 0 Å². The molecular weight excluding hydrogens is 359 g/mol. The Morgan fingerprint density at radius 3 is 2.32 bits per heavy atom. The molecule has 6 nitrogen and oxygen atoms in total. The molecule has 1 fully saturated rings. The predicted octanol–water partition coefficient (Wildman–Crippen LogP) is 1.73. The van der Waals surface area contributed by atoms with Crippen molar-refractivity contribution < 1.29 is 14.0 Å². The Morgan fingerprint density at radius 1 is 0.893 bits per heavy atom. The van der Waals surface area contributed by atoms with Gasteiger partial charge in [-0.05, 0) is 29.8 Å². The molecule has 1 heterocycles. The summed E-state index contributed by atoms with van der Waals surface area (Å²) in [4.78, 5) is 28.4. The maximum atomic E-state index is 13.1. The predicted molar refractivity (Wildman–Crippen MR) is 106 cm³/mol. The van der Waals surface area contributed by atoms with Crippen molar-refractivity contribution in [3.05, 3.63) is 66.0 Å². The normalized spacial score (nSPS) is 14.5. The lowest BCUT2D eigenvalue weighted by atomic mass is 10.1. The number of carbonyl (C=O) groups is 2. The Bertz CT molecular complexity index is 792. The fourth-order valence-electron chi connectivity index (χ4n) is 3.21. The second-order valence-electron chi connectivity index (χ2n) is 6.82. The number of rotatable bonds is 6. The monoisotopic (exact) mass is 384 g/mol. The van der Waals surface area contributed by atoms with Gasteiger partial charge in [0.15, 0.2) is 0 Å². The number of carbonyl (C=O) groups excluding carboxylic acids is 2. The number of hydrogen-bond acceptors (Lipinski definition) is 4. The molecular formula is C21H25FN4O2.